The Labute approximate surface area is 221 Å². The molecule has 0 spiro atoms. The third-order valence-electron chi connectivity index (χ3n) is 6.48. The number of amides is 1. The number of halogens is 3. The molecule has 5 rings (SSSR count). The summed E-state index contributed by atoms with van der Waals surface area (Å²) >= 11 is 0.213. The number of ether oxygens (including phenoxy) is 2. The van der Waals surface area contributed by atoms with Crippen molar-refractivity contribution in [1.82, 2.24) is 5.01 Å². The predicted octanol–water partition coefficient (Wildman–Crippen LogP) is 6.37. The average Bonchev–Trinajstić information content (AvgIpc) is 3.36. The Morgan fingerprint density at radius 1 is 1.03 bits per heavy atom. The van der Waals surface area contributed by atoms with Crippen LogP contribution in [0.4, 0.5) is 13.2 Å². The molecule has 2 aromatic rings. The van der Waals surface area contributed by atoms with Gasteiger partial charge in [0.25, 0.3) is 5.91 Å². The van der Waals surface area contributed by atoms with E-state index in [2.05, 4.69) is 22.2 Å². The van der Waals surface area contributed by atoms with E-state index in [9.17, 15) is 18.0 Å². The number of benzene rings is 2. The van der Waals surface area contributed by atoms with Crippen LogP contribution in [0.5, 0.6) is 11.5 Å². The smallest absolute Gasteiger partial charge is 0.441 e. The van der Waals surface area contributed by atoms with Gasteiger partial charge in [0.2, 0.25) is 10.2 Å². The molecule has 0 unspecified atom stereocenters. The lowest BCUT2D eigenvalue weighted by Crippen LogP contribution is -2.35. The number of hydrogen-bond donors (Lipinski definition) is 1. The number of hydrazone groups is 1. The molecule has 3 aliphatic rings. The first-order chi connectivity index (χ1) is 18.3. The lowest BCUT2D eigenvalue weighted by atomic mass is 9.84. The molecule has 1 saturated carbocycles. The summed E-state index contributed by atoms with van der Waals surface area (Å²) < 4.78 is 50.8. The molecule has 7 nitrogen and oxygen atoms in total. The van der Waals surface area contributed by atoms with Crippen molar-refractivity contribution in [2.24, 2.45) is 10.1 Å². The van der Waals surface area contributed by atoms with E-state index in [1.807, 2.05) is 12.1 Å². The van der Waals surface area contributed by atoms with Gasteiger partial charge in [0, 0.05) is 5.56 Å². The third kappa shape index (κ3) is 5.77. The SMILES string of the molecule is N=C1/C(=C\c2ccccc2OCCOc2ccc(C3CCCCC3)cc2)C(=O)N=C2SC(C(F)(F)F)=NN12. The van der Waals surface area contributed by atoms with E-state index >= 15 is 0 Å². The van der Waals surface area contributed by atoms with Gasteiger partial charge in [0.05, 0.1) is 5.57 Å². The van der Waals surface area contributed by atoms with Gasteiger partial charge in [0.1, 0.15) is 24.7 Å². The molecule has 0 bridgehead atoms. The van der Waals surface area contributed by atoms with Crippen LogP contribution < -0.4 is 9.47 Å². The van der Waals surface area contributed by atoms with Crippen LogP contribution >= 0.6 is 11.8 Å². The van der Waals surface area contributed by atoms with Gasteiger partial charge in [-0.25, -0.2) is 0 Å². The van der Waals surface area contributed by atoms with Crippen LogP contribution in [0.3, 0.4) is 0 Å². The zero-order chi connectivity index (χ0) is 26.7. The molecule has 1 fully saturated rings. The standard InChI is InChI=1S/C27H25F3N4O3S/c28-27(29,30)25-33-34-23(31)21(24(35)32-26(34)38-25)16-19-8-4-5-9-22(19)37-15-14-36-20-12-10-18(11-13-20)17-6-2-1-3-7-17/h4-5,8-13,16-17,31H,1-3,6-7,14-15H2/b21-16+,31-23?. The second-order valence-corrected chi connectivity index (χ2v) is 10.0. The highest BCUT2D eigenvalue weighted by Crippen LogP contribution is 2.36. The minimum absolute atomic E-state index is 0.188. The van der Waals surface area contributed by atoms with E-state index in [-0.39, 0.29) is 35.7 Å². The highest BCUT2D eigenvalue weighted by Gasteiger charge is 2.46. The first-order valence-corrected chi connectivity index (χ1v) is 13.1. The molecule has 2 heterocycles. The monoisotopic (exact) mass is 542 g/mol. The summed E-state index contributed by atoms with van der Waals surface area (Å²) in [5.74, 6) is 0.510. The fourth-order valence-corrected chi connectivity index (χ4v) is 5.33. The van der Waals surface area contributed by atoms with Crippen molar-refractivity contribution in [3.8, 4) is 11.5 Å². The molecule has 198 valence electrons. The van der Waals surface area contributed by atoms with Crippen molar-refractivity contribution >= 4 is 39.8 Å². The molecule has 1 amide bonds. The summed E-state index contributed by atoms with van der Waals surface area (Å²) in [7, 11) is 0. The van der Waals surface area contributed by atoms with Gasteiger partial charge >= 0.3 is 6.18 Å². The van der Waals surface area contributed by atoms with Crippen LogP contribution in [0.1, 0.15) is 49.1 Å². The van der Waals surface area contributed by atoms with Crippen LogP contribution in [0, 0.1) is 5.41 Å². The minimum atomic E-state index is -4.70. The van der Waals surface area contributed by atoms with E-state index in [4.69, 9.17) is 14.9 Å². The van der Waals surface area contributed by atoms with Crippen LogP contribution in [0.2, 0.25) is 0 Å². The lowest BCUT2D eigenvalue weighted by molar-refractivity contribution is -0.114. The third-order valence-corrected chi connectivity index (χ3v) is 7.44. The average molecular weight is 543 g/mol. The summed E-state index contributed by atoms with van der Waals surface area (Å²) in [6.45, 7) is 0.510. The molecule has 0 aromatic heterocycles. The van der Waals surface area contributed by atoms with Gasteiger partial charge in [-0.15, -0.1) is 0 Å². The predicted molar refractivity (Wildman–Crippen MR) is 141 cm³/mol. The van der Waals surface area contributed by atoms with Gasteiger partial charge in [-0.3, -0.25) is 10.2 Å². The van der Waals surface area contributed by atoms with Gasteiger partial charge < -0.3 is 9.47 Å². The van der Waals surface area contributed by atoms with E-state index in [1.165, 1.54) is 43.7 Å². The number of fused-ring (bicyclic) bond motifs is 1. The van der Waals surface area contributed by atoms with Gasteiger partial charge in [0.15, 0.2) is 5.84 Å². The number of carbonyl (C=O) groups is 1. The number of aliphatic imine (C=N–C) groups is 1. The van der Waals surface area contributed by atoms with Crippen LogP contribution in [0.15, 0.2) is 64.2 Å². The molecule has 0 saturated heterocycles. The maximum absolute atomic E-state index is 13.0. The quantitative estimate of drug-likeness (QED) is 0.324. The molecule has 38 heavy (non-hydrogen) atoms. The number of para-hydroxylation sites is 1. The van der Waals surface area contributed by atoms with Crippen LogP contribution in [-0.4, -0.2) is 46.4 Å². The summed E-state index contributed by atoms with van der Waals surface area (Å²) in [6, 6.07) is 15.0. The van der Waals surface area contributed by atoms with Crippen molar-refractivity contribution in [3.05, 3.63) is 65.2 Å². The number of alkyl halides is 3. The summed E-state index contributed by atoms with van der Waals surface area (Å²) in [5.41, 5.74) is 1.64. The largest absolute Gasteiger partial charge is 0.490 e. The zero-order valence-corrected chi connectivity index (χ0v) is 21.1. The minimum Gasteiger partial charge on any atom is -0.490 e. The Balaban J connectivity index is 1.21. The number of amidine groups is 2. The first kappa shape index (κ1) is 26.0. The van der Waals surface area contributed by atoms with Gasteiger partial charge in [-0.2, -0.15) is 28.3 Å². The van der Waals surface area contributed by atoms with Crippen LogP contribution in [0.25, 0.3) is 6.08 Å². The fourth-order valence-electron chi connectivity index (χ4n) is 4.58. The number of nitrogens with one attached hydrogen (secondary N) is 1. The second kappa shape index (κ2) is 11.0. The highest BCUT2D eigenvalue weighted by atomic mass is 32.2. The molecule has 1 aliphatic carbocycles. The molecule has 1 N–H and O–H groups in total. The Morgan fingerprint density at radius 2 is 1.74 bits per heavy atom. The highest BCUT2D eigenvalue weighted by molar-refractivity contribution is 8.27. The number of carbonyl (C=O) groups excluding carboxylic acids is 1. The second-order valence-electron chi connectivity index (χ2n) is 9.06. The summed E-state index contributed by atoms with van der Waals surface area (Å²) in [4.78, 5) is 16.2. The van der Waals surface area contributed by atoms with E-state index in [0.29, 0.717) is 17.2 Å². The normalized spacial score (nSPS) is 19.3. The van der Waals surface area contributed by atoms with Crippen molar-refractivity contribution < 1.29 is 27.4 Å². The van der Waals surface area contributed by atoms with E-state index in [0.717, 1.165) is 10.8 Å². The van der Waals surface area contributed by atoms with E-state index in [1.54, 1.807) is 24.3 Å². The van der Waals surface area contributed by atoms with Crippen molar-refractivity contribution in [2.45, 2.75) is 44.2 Å². The Morgan fingerprint density at radius 3 is 2.47 bits per heavy atom. The topological polar surface area (TPSA) is 87.3 Å². The Bertz CT molecular complexity index is 1320. The Kier molecular flexibility index (Phi) is 7.55. The molecule has 11 heteroatoms. The Hall–Kier alpha value is -3.60. The maximum Gasteiger partial charge on any atom is 0.441 e. The van der Waals surface area contributed by atoms with Gasteiger partial charge in [-0.05, 0) is 60.4 Å². The molecular formula is C27H25F3N4O3S. The lowest BCUT2D eigenvalue weighted by Gasteiger charge is -2.22. The fraction of sp³-hybridized carbons (Fsp3) is 0.333. The molecular weight excluding hydrogens is 517 g/mol. The van der Waals surface area contributed by atoms with E-state index < -0.39 is 23.0 Å². The number of thioether (sulfide) groups is 1. The summed E-state index contributed by atoms with van der Waals surface area (Å²) in [5, 5.41) is 10.9. The van der Waals surface area contributed by atoms with Crippen LogP contribution in [-0.2, 0) is 4.79 Å². The first-order valence-electron chi connectivity index (χ1n) is 12.3. The number of rotatable bonds is 7. The van der Waals surface area contributed by atoms with Crippen molar-refractivity contribution in [1.29, 1.82) is 5.41 Å². The van der Waals surface area contributed by atoms with Crippen molar-refractivity contribution in [3.63, 3.8) is 0 Å². The number of nitrogens with zero attached hydrogens (tertiary/aromatic N) is 3. The molecule has 0 atom stereocenters. The zero-order valence-electron chi connectivity index (χ0n) is 20.3. The number of hydrogen-bond acceptors (Lipinski definition) is 6. The molecule has 0 radical (unpaired) electrons. The molecule has 2 aromatic carbocycles. The van der Waals surface area contributed by atoms with Crippen molar-refractivity contribution in [2.75, 3.05) is 13.2 Å². The molecule has 2 aliphatic heterocycles. The maximum atomic E-state index is 13.0. The van der Waals surface area contributed by atoms with Gasteiger partial charge in [-0.1, -0.05) is 49.6 Å². The summed E-state index contributed by atoms with van der Waals surface area (Å²) in [6.07, 6.45) is 3.04.